The third kappa shape index (κ3) is 3.40. The minimum absolute atomic E-state index is 0.125. The number of aliphatic carboxylic acids is 1. The van der Waals surface area contributed by atoms with Gasteiger partial charge >= 0.3 is 5.97 Å². The Morgan fingerprint density at radius 2 is 1.94 bits per heavy atom. The summed E-state index contributed by atoms with van der Waals surface area (Å²) in [6.07, 6.45) is 0. The van der Waals surface area contributed by atoms with Gasteiger partial charge in [-0.3, -0.25) is 4.79 Å². The second-order valence-corrected chi connectivity index (χ2v) is 5.74. The molecule has 3 N–H and O–H groups in total. The van der Waals surface area contributed by atoms with Crippen LogP contribution in [0.15, 0.2) is 6.07 Å². The molecule has 1 heterocycles. The molecular formula is C11H14Cl2N2O3. The minimum Gasteiger partial charge on any atom is -0.480 e. The first-order chi connectivity index (χ1) is 8.12. The fourth-order valence-corrected chi connectivity index (χ4v) is 1.70. The molecule has 0 saturated heterocycles. The molecule has 0 aliphatic rings. The molecule has 1 aromatic heterocycles. The van der Waals surface area contributed by atoms with Gasteiger partial charge < -0.3 is 15.4 Å². The molecule has 0 unspecified atom stereocenters. The summed E-state index contributed by atoms with van der Waals surface area (Å²) in [4.78, 5) is 25.5. The summed E-state index contributed by atoms with van der Waals surface area (Å²) in [5.74, 6) is -1.66. The number of carboxylic acid groups (broad SMARTS) is 1. The predicted octanol–water partition coefficient (Wildman–Crippen LogP) is 2.55. The zero-order valence-corrected chi connectivity index (χ0v) is 11.7. The molecule has 0 saturated carbocycles. The second-order valence-electron chi connectivity index (χ2n) is 4.96. The summed E-state index contributed by atoms with van der Waals surface area (Å²) in [5, 5.41) is 11.9. The summed E-state index contributed by atoms with van der Waals surface area (Å²) in [6.45, 7) is 5.17. The summed E-state index contributed by atoms with van der Waals surface area (Å²) >= 11 is 11.4. The van der Waals surface area contributed by atoms with E-state index < -0.39 is 23.3 Å². The van der Waals surface area contributed by atoms with Gasteiger partial charge in [0, 0.05) is 0 Å². The van der Waals surface area contributed by atoms with E-state index in [0.717, 1.165) is 0 Å². The van der Waals surface area contributed by atoms with Crippen molar-refractivity contribution >= 4 is 35.1 Å². The van der Waals surface area contributed by atoms with Crippen LogP contribution in [-0.4, -0.2) is 28.0 Å². The van der Waals surface area contributed by atoms with Crippen LogP contribution >= 0.6 is 23.2 Å². The van der Waals surface area contributed by atoms with E-state index in [1.54, 1.807) is 20.8 Å². The van der Waals surface area contributed by atoms with Gasteiger partial charge in [-0.2, -0.15) is 0 Å². The number of carbonyl (C=O) groups is 2. The van der Waals surface area contributed by atoms with Crippen LogP contribution in [0.1, 0.15) is 31.3 Å². The lowest BCUT2D eigenvalue weighted by molar-refractivity contribution is -0.142. The molecule has 1 rings (SSSR count). The monoisotopic (exact) mass is 292 g/mol. The number of amides is 1. The summed E-state index contributed by atoms with van der Waals surface area (Å²) in [7, 11) is 0. The van der Waals surface area contributed by atoms with Crippen LogP contribution in [0, 0.1) is 5.41 Å². The smallest absolute Gasteiger partial charge is 0.326 e. The van der Waals surface area contributed by atoms with Crippen LogP contribution in [0.2, 0.25) is 10.2 Å². The first-order valence-corrected chi connectivity index (χ1v) is 5.96. The quantitative estimate of drug-likeness (QED) is 0.801. The van der Waals surface area contributed by atoms with Gasteiger partial charge in [-0.25, -0.2) is 4.79 Å². The van der Waals surface area contributed by atoms with E-state index in [9.17, 15) is 9.59 Å². The first-order valence-electron chi connectivity index (χ1n) is 5.20. The summed E-state index contributed by atoms with van der Waals surface area (Å²) in [6, 6.07) is 0.340. The van der Waals surface area contributed by atoms with E-state index in [-0.39, 0.29) is 15.9 Å². The highest BCUT2D eigenvalue weighted by Crippen LogP contribution is 2.23. The van der Waals surface area contributed by atoms with Gasteiger partial charge in [0.05, 0.1) is 5.02 Å². The van der Waals surface area contributed by atoms with Gasteiger partial charge in [0.2, 0.25) is 0 Å². The van der Waals surface area contributed by atoms with Crippen molar-refractivity contribution in [3.8, 4) is 0 Å². The number of carbonyl (C=O) groups excluding carboxylic acids is 1. The third-order valence-electron chi connectivity index (χ3n) is 2.36. The van der Waals surface area contributed by atoms with Gasteiger partial charge in [-0.15, -0.1) is 0 Å². The fourth-order valence-electron chi connectivity index (χ4n) is 1.38. The Kier molecular flexibility index (Phi) is 4.29. The van der Waals surface area contributed by atoms with Crippen molar-refractivity contribution in [2.45, 2.75) is 26.8 Å². The molecule has 0 aliphatic heterocycles. The molecule has 0 aromatic carbocycles. The molecule has 100 valence electrons. The van der Waals surface area contributed by atoms with Crippen LogP contribution < -0.4 is 5.32 Å². The number of aromatic nitrogens is 1. The minimum atomic E-state index is -1.10. The number of rotatable bonds is 3. The third-order valence-corrected chi connectivity index (χ3v) is 3.05. The Bertz CT molecular complexity index is 458. The molecule has 5 nitrogen and oxygen atoms in total. The van der Waals surface area contributed by atoms with Gasteiger partial charge in [-0.1, -0.05) is 44.0 Å². The van der Waals surface area contributed by atoms with Crippen molar-refractivity contribution < 1.29 is 14.7 Å². The average Bonchev–Trinajstić information content (AvgIpc) is 2.53. The Balaban J connectivity index is 2.89. The highest BCUT2D eigenvalue weighted by molar-refractivity contribution is 6.41. The highest BCUT2D eigenvalue weighted by Gasteiger charge is 2.33. The van der Waals surface area contributed by atoms with Gasteiger partial charge in [0.15, 0.2) is 0 Å². The maximum Gasteiger partial charge on any atom is 0.326 e. The van der Waals surface area contributed by atoms with E-state index in [4.69, 9.17) is 28.3 Å². The first kappa shape index (κ1) is 14.9. The SMILES string of the molecule is CC(C)(C)[C@H](NC(=O)c1cc(Cl)c(Cl)[nH]1)C(=O)O. The van der Waals surface area contributed by atoms with Crippen molar-refractivity contribution in [3.63, 3.8) is 0 Å². The molecule has 0 bridgehead atoms. The normalized spacial score (nSPS) is 13.2. The van der Waals surface area contributed by atoms with Gasteiger partial charge in [0.1, 0.15) is 16.9 Å². The number of halogens is 2. The number of nitrogens with one attached hydrogen (secondary N) is 2. The van der Waals surface area contributed by atoms with E-state index in [1.807, 2.05) is 0 Å². The standard InChI is InChI=1S/C11H14Cl2N2O3/c1-11(2,3)7(10(17)18)15-9(16)6-4-5(12)8(13)14-6/h4,7,14H,1-3H3,(H,15,16)(H,17,18)/t7-/m1/s1. The molecular weight excluding hydrogens is 279 g/mol. The number of H-pyrrole nitrogens is 1. The van der Waals surface area contributed by atoms with E-state index in [1.165, 1.54) is 6.07 Å². The maximum absolute atomic E-state index is 11.8. The molecule has 1 atom stereocenters. The fraction of sp³-hybridized carbons (Fsp3) is 0.455. The number of hydrogen-bond acceptors (Lipinski definition) is 2. The van der Waals surface area contributed by atoms with Crippen LogP contribution in [0.3, 0.4) is 0 Å². The summed E-state index contributed by atoms with van der Waals surface area (Å²) < 4.78 is 0. The lowest BCUT2D eigenvalue weighted by Crippen LogP contribution is -2.49. The number of aromatic amines is 1. The van der Waals surface area contributed by atoms with E-state index in [0.29, 0.717) is 0 Å². The van der Waals surface area contributed by atoms with Crippen LogP contribution in [-0.2, 0) is 4.79 Å². The topological polar surface area (TPSA) is 82.2 Å². The number of carboxylic acids is 1. The molecule has 18 heavy (non-hydrogen) atoms. The zero-order valence-electron chi connectivity index (χ0n) is 10.2. The van der Waals surface area contributed by atoms with Gasteiger partial charge in [0.25, 0.3) is 5.91 Å². The van der Waals surface area contributed by atoms with Crippen LogP contribution in [0.25, 0.3) is 0 Å². The molecule has 0 aliphatic carbocycles. The van der Waals surface area contributed by atoms with Crippen molar-refractivity contribution in [1.29, 1.82) is 0 Å². The molecule has 1 amide bonds. The Hall–Kier alpha value is -1.20. The van der Waals surface area contributed by atoms with E-state index >= 15 is 0 Å². The Morgan fingerprint density at radius 3 is 2.28 bits per heavy atom. The zero-order chi connectivity index (χ0) is 14.1. The molecule has 0 spiro atoms. The Labute approximate surface area is 114 Å². The molecule has 7 heteroatoms. The molecule has 0 fully saturated rings. The lowest BCUT2D eigenvalue weighted by Gasteiger charge is -2.27. The number of hydrogen-bond donors (Lipinski definition) is 3. The van der Waals surface area contributed by atoms with Crippen molar-refractivity contribution in [2.24, 2.45) is 5.41 Å². The maximum atomic E-state index is 11.8. The highest BCUT2D eigenvalue weighted by atomic mass is 35.5. The molecule has 1 aromatic rings. The predicted molar refractivity (Wildman–Crippen MR) is 69.2 cm³/mol. The Morgan fingerprint density at radius 1 is 1.39 bits per heavy atom. The largest absolute Gasteiger partial charge is 0.480 e. The van der Waals surface area contributed by atoms with Crippen LogP contribution in [0.4, 0.5) is 0 Å². The lowest BCUT2D eigenvalue weighted by atomic mass is 9.86. The average molecular weight is 293 g/mol. The van der Waals surface area contributed by atoms with E-state index in [2.05, 4.69) is 10.3 Å². The van der Waals surface area contributed by atoms with Crippen molar-refractivity contribution in [2.75, 3.05) is 0 Å². The van der Waals surface area contributed by atoms with Crippen molar-refractivity contribution in [3.05, 3.63) is 21.9 Å². The molecule has 0 radical (unpaired) electrons. The second kappa shape index (κ2) is 5.20. The van der Waals surface area contributed by atoms with Gasteiger partial charge in [-0.05, 0) is 11.5 Å². The van der Waals surface area contributed by atoms with Crippen molar-refractivity contribution in [1.82, 2.24) is 10.3 Å². The van der Waals surface area contributed by atoms with Crippen LogP contribution in [0.5, 0.6) is 0 Å². The summed E-state index contributed by atoms with van der Waals surface area (Å²) in [5.41, 5.74) is -0.484.